The van der Waals surface area contributed by atoms with Crippen molar-refractivity contribution in [2.45, 2.75) is 32.9 Å². The SMILES string of the molecule is Cc1cc(N2C(=S)NC(c3ccccn3)C2c2cc(C)n(-c3ccccc3Cl)c2C)ccc1NS(C)(=O)=O. The Labute approximate surface area is 233 Å². The largest absolute Gasteiger partial charge is 0.351 e. The lowest BCUT2D eigenvalue weighted by molar-refractivity contribution is 0.565. The summed E-state index contributed by atoms with van der Waals surface area (Å²) in [5.74, 6) is 0. The third-order valence-corrected chi connectivity index (χ3v) is 7.99. The fraction of sp³-hybridized carbons (Fsp3) is 0.214. The van der Waals surface area contributed by atoms with Crippen molar-refractivity contribution in [3.8, 4) is 5.69 Å². The highest BCUT2D eigenvalue weighted by Crippen LogP contribution is 2.44. The number of hydrogen-bond acceptors (Lipinski definition) is 4. The van der Waals surface area contributed by atoms with Crippen LogP contribution < -0.4 is 14.9 Å². The van der Waals surface area contributed by atoms with Gasteiger partial charge in [-0.3, -0.25) is 9.71 Å². The number of aromatic nitrogens is 2. The second-order valence-electron chi connectivity index (χ2n) is 9.48. The zero-order valence-electron chi connectivity index (χ0n) is 21.4. The molecule has 2 aromatic heterocycles. The van der Waals surface area contributed by atoms with E-state index >= 15 is 0 Å². The number of hydrogen-bond donors (Lipinski definition) is 2. The van der Waals surface area contributed by atoms with Gasteiger partial charge in [0.1, 0.15) is 0 Å². The molecule has 0 amide bonds. The molecule has 0 bridgehead atoms. The van der Waals surface area contributed by atoms with Crippen LogP contribution >= 0.6 is 23.8 Å². The molecule has 2 N–H and O–H groups in total. The van der Waals surface area contributed by atoms with Crippen molar-refractivity contribution in [3.05, 3.63) is 106 Å². The first-order valence-electron chi connectivity index (χ1n) is 12.1. The molecule has 2 atom stereocenters. The summed E-state index contributed by atoms with van der Waals surface area (Å²) in [5, 5.41) is 4.73. The van der Waals surface area contributed by atoms with Gasteiger partial charge >= 0.3 is 0 Å². The number of aryl methyl sites for hydroxylation is 2. The molecule has 5 rings (SSSR count). The first kappa shape index (κ1) is 26.2. The predicted octanol–water partition coefficient (Wildman–Crippen LogP) is 6.00. The van der Waals surface area contributed by atoms with Crippen molar-refractivity contribution in [3.63, 3.8) is 0 Å². The monoisotopic (exact) mass is 565 g/mol. The van der Waals surface area contributed by atoms with Crippen LogP contribution in [0.2, 0.25) is 5.02 Å². The summed E-state index contributed by atoms with van der Waals surface area (Å²) in [7, 11) is -3.40. The smallest absolute Gasteiger partial charge is 0.229 e. The molecular formula is C28H28ClN5O2S2. The minimum atomic E-state index is -3.40. The van der Waals surface area contributed by atoms with Crippen LogP contribution in [0.4, 0.5) is 11.4 Å². The summed E-state index contributed by atoms with van der Waals surface area (Å²) < 4.78 is 28.4. The molecule has 38 heavy (non-hydrogen) atoms. The van der Waals surface area contributed by atoms with E-state index in [0.717, 1.165) is 45.8 Å². The average Bonchev–Trinajstić information content (AvgIpc) is 3.36. The van der Waals surface area contributed by atoms with Gasteiger partial charge in [0.25, 0.3) is 0 Å². The summed E-state index contributed by atoms with van der Waals surface area (Å²) in [6.45, 7) is 6.03. The van der Waals surface area contributed by atoms with Gasteiger partial charge in [0.15, 0.2) is 5.11 Å². The van der Waals surface area contributed by atoms with Crippen molar-refractivity contribution in [2.24, 2.45) is 0 Å². The third kappa shape index (κ3) is 4.89. The topological polar surface area (TPSA) is 79.3 Å². The van der Waals surface area contributed by atoms with E-state index in [0.29, 0.717) is 15.8 Å². The van der Waals surface area contributed by atoms with E-state index in [1.165, 1.54) is 0 Å². The van der Waals surface area contributed by atoms with Gasteiger partial charge in [0, 0.05) is 23.3 Å². The van der Waals surface area contributed by atoms with Gasteiger partial charge in [-0.05, 0) is 92.6 Å². The Morgan fingerprint density at radius 3 is 2.42 bits per heavy atom. The van der Waals surface area contributed by atoms with E-state index in [4.69, 9.17) is 23.8 Å². The standard InChI is InChI=1S/C28H28ClN5O2S2/c1-17-15-20(12-13-23(17)32-38(4,35)36)34-27(26(31-28(34)37)24-10-7-8-14-30-24)21-16-18(2)33(19(21)3)25-11-6-5-9-22(25)29/h5-16,26-27,32H,1-4H3,(H,31,37). The van der Waals surface area contributed by atoms with Crippen LogP contribution in [0.5, 0.6) is 0 Å². The summed E-state index contributed by atoms with van der Waals surface area (Å²) in [5.41, 5.74) is 7.14. The molecule has 10 heteroatoms. The summed E-state index contributed by atoms with van der Waals surface area (Å²) in [6.07, 6.45) is 2.92. The number of sulfonamides is 1. The molecular weight excluding hydrogens is 538 g/mol. The molecule has 0 saturated carbocycles. The number of para-hydroxylation sites is 1. The first-order chi connectivity index (χ1) is 18.0. The molecule has 196 valence electrons. The van der Waals surface area contributed by atoms with Crippen LogP contribution in [0.15, 0.2) is 72.9 Å². The van der Waals surface area contributed by atoms with Crippen molar-refractivity contribution in [1.29, 1.82) is 0 Å². The van der Waals surface area contributed by atoms with Crippen molar-refractivity contribution in [1.82, 2.24) is 14.9 Å². The van der Waals surface area contributed by atoms with E-state index in [-0.39, 0.29) is 12.1 Å². The predicted molar refractivity (Wildman–Crippen MR) is 158 cm³/mol. The fourth-order valence-electron chi connectivity index (χ4n) is 5.15. The number of benzene rings is 2. The van der Waals surface area contributed by atoms with E-state index in [9.17, 15) is 8.42 Å². The molecule has 4 aromatic rings. The third-order valence-electron chi connectivity index (χ3n) is 6.76. The Balaban J connectivity index is 1.66. The number of thiocarbonyl (C=S) groups is 1. The number of nitrogens with zero attached hydrogens (tertiary/aromatic N) is 3. The molecule has 1 aliphatic rings. The quantitative estimate of drug-likeness (QED) is 0.279. The van der Waals surface area contributed by atoms with Gasteiger partial charge in [-0.25, -0.2) is 8.42 Å². The summed E-state index contributed by atoms with van der Waals surface area (Å²) in [4.78, 5) is 6.74. The van der Waals surface area contributed by atoms with Crippen LogP contribution in [0.25, 0.3) is 5.69 Å². The second kappa shape index (κ2) is 10.1. The molecule has 1 saturated heterocycles. The Bertz CT molecular complexity index is 1640. The van der Waals surface area contributed by atoms with Crippen molar-refractivity contribution >= 4 is 50.3 Å². The molecule has 3 heterocycles. The van der Waals surface area contributed by atoms with Gasteiger partial charge in [0.2, 0.25) is 10.0 Å². The highest BCUT2D eigenvalue weighted by molar-refractivity contribution is 7.92. The minimum Gasteiger partial charge on any atom is -0.351 e. The highest BCUT2D eigenvalue weighted by atomic mass is 35.5. The number of nitrogens with one attached hydrogen (secondary N) is 2. The normalized spacial score (nSPS) is 17.5. The Morgan fingerprint density at radius 1 is 1.03 bits per heavy atom. The van der Waals surface area contributed by atoms with Crippen LogP contribution in [0.1, 0.15) is 40.3 Å². The maximum atomic E-state index is 11.8. The zero-order valence-corrected chi connectivity index (χ0v) is 23.8. The Morgan fingerprint density at radius 2 is 1.76 bits per heavy atom. The fourth-order valence-corrected chi connectivity index (χ4v) is 6.35. The number of rotatable bonds is 6. The number of pyridine rings is 1. The van der Waals surface area contributed by atoms with Crippen LogP contribution in [0, 0.1) is 20.8 Å². The molecule has 2 unspecified atom stereocenters. The molecule has 0 aliphatic carbocycles. The van der Waals surface area contributed by atoms with E-state index in [2.05, 4.69) is 44.4 Å². The maximum absolute atomic E-state index is 11.8. The van der Waals surface area contributed by atoms with E-state index < -0.39 is 10.0 Å². The Kier molecular flexibility index (Phi) is 6.94. The zero-order chi connectivity index (χ0) is 27.2. The van der Waals surface area contributed by atoms with Crippen LogP contribution in [0.3, 0.4) is 0 Å². The minimum absolute atomic E-state index is 0.210. The molecule has 1 aliphatic heterocycles. The second-order valence-corrected chi connectivity index (χ2v) is 12.0. The lowest BCUT2D eigenvalue weighted by atomic mass is 9.96. The molecule has 0 spiro atoms. The van der Waals surface area contributed by atoms with Gasteiger partial charge < -0.3 is 14.8 Å². The van der Waals surface area contributed by atoms with Gasteiger partial charge in [-0.2, -0.15) is 0 Å². The summed E-state index contributed by atoms with van der Waals surface area (Å²) >= 11 is 12.5. The van der Waals surface area contributed by atoms with Gasteiger partial charge in [0.05, 0.1) is 40.4 Å². The van der Waals surface area contributed by atoms with Crippen molar-refractivity contribution < 1.29 is 8.42 Å². The van der Waals surface area contributed by atoms with Gasteiger partial charge in [-0.15, -0.1) is 0 Å². The maximum Gasteiger partial charge on any atom is 0.229 e. The van der Waals surface area contributed by atoms with E-state index in [1.54, 1.807) is 12.3 Å². The first-order valence-corrected chi connectivity index (χ1v) is 14.8. The molecule has 0 radical (unpaired) electrons. The lowest BCUT2D eigenvalue weighted by Gasteiger charge is -2.29. The number of anilines is 2. The number of halogens is 1. The molecule has 1 fully saturated rings. The van der Waals surface area contributed by atoms with E-state index in [1.807, 2.05) is 61.5 Å². The summed E-state index contributed by atoms with van der Waals surface area (Å²) in [6, 6.07) is 21.0. The van der Waals surface area contributed by atoms with Crippen LogP contribution in [-0.4, -0.2) is 29.3 Å². The molecule has 7 nitrogen and oxygen atoms in total. The lowest BCUT2D eigenvalue weighted by Crippen LogP contribution is -2.29. The molecule has 2 aromatic carbocycles. The highest BCUT2D eigenvalue weighted by Gasteiger charge is 2.42. The Hall–Kier alpha value is -3.40. The van der Waals surface area contributed by atoms with Gasteiger partial charge in [-0.1, -0.05) is 29.8 Å². The average molecular weight is 566 g/mol. The van der Waals surface area contributed by atoms with Crippen LogP contribution in [-0.2, 0) is 10.0 Å². The van der Waals surface area contributed by atoms with Crippen molar-refractivity contribution in [2.75, 3.05) is 15.9 Å².